The molecule has 0 saturated carbocycles. The van der Waals surface area contributed by atoms with Gasteiger partial charge in [-0.1, -0.05) is 18.2 Å². The van der Waals surface area contributed by atoms with E-state index in [1.165, 1.54) is 18.2 Å². The maximum Gasteiger partial charge on any atom is 0.270 e. The van der Waals surface area contributed by atoms with Gasteiger partial charge in [-0.3, -0.25) is 0 Å². The van der Waals surface area contributed by atoms with Gasteiger partial charge in [0.25, 0.3) is 5.92 Å². The van der Waals surface area contributed by atoms with Crippen molar-refractivity contribution in [3.05, 3.63) is 35.4 Å². The van der Waals surface area contributed by atoms with Crippen LogP contribution in [0.2, 0.25) is 0 Å². The number of hydrogen-bond donors (Lipinski definition) is 1. The van der Waals surface area contributed by atoms with E-state index in [0.717, 1.165) is 6.92 Å². The summed E-state index contributed by atoms with van der Waals surface area (Å²) in [7, 11) is 0. The van der Waals surface area contributed by atoms with Gasteiger partial charge in [0.1, 0.15) is 0 Å². The van der Waals surface area contributed by atoms with E-state index in [0.29, 0.717) is 5.56 Å². The molecule has 0 aliphatic heterocycles. The molecule has 0 radical (unpaired) electrons. The van der Waals surface area contributed by atoms with Crippen LogP contribution in [-0.2, 0) is 12.5 Å². The predicted octanol–water partition coefficient (Wildman–Crippen LogP) is 2.29. The van der Waals surface area contributed by atoms with Crippen LogP contribution in [0.25, 0.3) is 0 Å². The summed E-state index contributed by atoms with van der Waals surface area (Å²) < 4.78 is 25.4. The van der Waals surface area contributed by atoms with Crippen molar-refractivity contribution in [2.45, 2.75) is 19.5 Å². The van der Waals surface area contributed by atoms with Crippen molar-refractivity contribution in [2.75, 3.05) is 0 Å². The molecule has 1 nitrogen and oxygen atoms in total. The Hall–Kier alpha value is -0.960. The summed E-state index contributed by atoms with van der Waals surface area (Å²) in [6, 6.07) is 5.77. The largest absolute Gasteiger partial charge is 0.392 e. The van der Waals surface area contributed by atoms with E-state index in [4.69, 9.17) is 5.11 Å². The third kappa shape index (κ3) is 2.01. The lowest BCUT2D eigenvalue weighted by molar-refractivity contribution is 0.0173. The van der Waals surface area contributed by atoms with E-state index < -0.39 is 5.92 Å². The van der Waals surface area contributed by atoms with Crippen molar-refractivity contribution in [1.29, 1.82) is 0 Å². The standard InChI is InChI=1S/C9H10F2O/c1-9(10,11)8-4-2-3-7(5-8)6-12/h2-5,12H,6H2,1H3. The molecule has 1 rings (SSSR count). The third-order valence-corrected chi connectivity index (χ3v) is 1.62. The second-order valence-electron chi connectivity index (χ2n) is 2.75. The van der Waals surface area contributed by atoms with Crippen LogP contribution in [0, 0.1) is 0 Å². The van der Waals surface area contributed by atoms with Gasteiger partial charge in [-0.2, -0.15) is 0 Å². The lowest BCUT2D eigenvalue weighted by Gasteiger charge is -2.10. The zero-order chi connectivity index (χ0) is 9.19. The number of hydrogen-bond acceptors (Lipinski definition) is 1. The maximum atomic E-state index is 12.7. The molecule has 0 spiro atoms. The van der Waals surface area contributed by atoms with Crippen molar-refractivity contribution < 1.29 is 13.9 Å². The highest BCUT2D eigenvalue weighted by Gasteiger charge is 2.23. The fourth-order valence-electron chi connectivity index (χ4n) is 0.943. The molecule has 0 aromatic heterocycles. The smallest absolute Gasteiger partial charge is 0.270 e. The summed E-state index contributed by atoms with van der Waals surface area (Å²) in [4.78, 5) is 0. The van der Waals surface area contributed by atoms with E-state index in [2.05, 4.69) is 0 Å². The SMILES string of the molecule is CC(F)(F)c1cccc(CO)c1. The van der Waals surface area contributed by atoms with Crippen molar-refractivity contribution in [3.8, 4) is 0 Å². The molecule has 0 atom stereocenters. The lowest BCUT2D eigenvalue weighted by Crippen LogP contribution is -2.07. The van der Waals surface area contributed by atoms with Crippen molar-refractivity contribution >= 4 is 0 Å². The second kappa shape index (κ2) is 3.19. The lowest BCUT2D eigenvalue weighted by atomic mass is 10.1. The van der Waals surface area contributed by atoms with E-state index in [9.17, 15) is 8.78 Å². The Labute approximate surface area is 69.7 Å². The van der Waals surface area contributed by atoms with Gasteiger partial charge in [0.05, 0.1) is 6.61 Å². The Bertz CT molecular complexity index is 265. The minimum absolute atomic E-state index is 0.0611. The molecule has 0 heterocycles. The Kier molecular flexibility index (Phi) is 2.43. The van der Waals surface area contributed by atoms with Gasteiger partial charge in [0.15, 0.2) is 0 Å². The molecule has 3 heteroatoms. The molecule has 0 amide bonds. The number of benzene rings is 1. The van der Waals surface area contributed by atoms with E-state index >= 15 is 0 Å². The highest BCUT2D eigenvalue weighted by atomic mass is 19.3. The van der Waals surface area contributed by atoms with Crippen LogP contribution in [0.3, 0.4) is 0 Å². The Morgan fingerprint density at radius 2 is 2.08 bits per heavy atom. The number of aliphatic hydroxyl groups is 1. The zero-order valence-corrected chi connectivity index (χ0v) is 6.72. The van der Waals surface area contributed by atoms with E-state index in [1.54, 1.807) is 6.07 Å². The fourth-order valence-corrected chi connectivity index (χ4v) is 0.943. The molecule has 0 aliphatic carbocycles. The number of rotatable bonds is 2. The Balaban J connectivity index is 3.02. The van der Waals surface area contributed by atoms with Crippen LogP contribution < -0.4 is 0 Å². The molecule has 0 saturated heterocycles. The predicted molar refractivity (Wildman–Crippen MR) is 41.9 cm³/mol. The molecule has 0 fully saturated rings. The average Bonchev–Trinajstić information content (AvgIpc) is 2.03. The minimum atomic E-state index is -2.83. The number of aliphatic hydroxyl groups excluding tert-OH is 1. The van der Waals surface area contributed by atoms with Crippen molar-refractivity contribution in [1.82, 2.24) is 0 Å². The van der Waals surface area contributed by atoms with Crippen LogP contribution in [-0.4, -0.2) is 5.11 Å². The quantitative estimate of drug-likeness (QED) is 0.725. The van der Waals surface area contributed by atoms with Crippen molar-refractivity contribution in [2.24, 2.45) is 0 Å². The molecular formula is C9H10F2O. The monoisotopic (exact) mass is 172 g/mol. The van der Waals surface area contributed by atoms with Crippen LogP contribution in [0.5, 0.6) is 0 Å². The van der Waals surface area contributed by atoms with Crippen molar-refractivity contribution in [3.63, 3.8) is 0 Å². The molecule has 12 heavy (non-hydrogen) atoms. The molecule has 66 valence electrons. The molecule has 0 aliphatic rings. The van der Waals surface area contributed by atoms with Crippen LogP contribution in [0.1, 0.15) is 18.1 Å². The number of alkyl halides is 2. The highest BCUT2D eigenvalue weighted by molar-refractivity contribution is 5.25. The summed E-state index contributed by atoms with van der Waals surface area (Å²) in [5.41, 5.74) is 0.447. The van der Waals surface area contributed by atoms with E-state index in [1.807, 2.05) is 0 Å². The third-order valence-electron chi connectivity index (χ3n) is 1.62. The van der Waals surface area contributed by atoms with Gasteiger partial charge in [-0.15, -0.1) is 0 Å². The molecule has 1 aromatic rings. The first-order chi connectivity index (χ1) is 5.54. The summed E-state index contributed by atoms with van der Waals surface area (Å²) in [5, 5.41) is 8.68. The van der Waals surface area contributed by atoms with Gasteiger partial charge in [0.2, 0.25) is 0 Å². The molecule has 1 aromatic carbocycles. The normalized spacial score (nSPS) is 11.7. The van der Waals surface area contributed by atoms with Gasteiger partial charge < -0.3 is 5.11 Å². The van der Waals surface area contributed by atoms with Crippen LogP contribution in [0.15, 0.2) is 24.3 Å². The van der Waals surface area contributed by atoms with Gasteiger partial charge in [0, 0.05) is 12.5 Å². The topological polar surface area (TPSA) is 20.2 Å². The zero-order valence-electron chi connectivity index (χ0n) is 6.72. The average molecular weight is 172 g/mol. The van der Waals surface area contributed by atoms with Crippen LogP contribution in [0.4, 0.5) is 8.78 Å². The molecule has 1 N–H and O–H groups in total. The summed E-state index contributed by atoms with van der Waals surface area (Å²) in [5.74, 6) is -2.83. The minimum Gasteiger partial charge on any atom is -0.392 e. The van der Waals surface area contributed by atoms with Gasteiger partial charge >= 0.3 is 0 Å². The summed E-state index contributed by atoms with van der Waals surface area (Å²) in [6.07, 6.45) is 0. The first-order valence-corrected chi connectivity index (χ1v) is 3.62. The van der Waals surface area contributed by atoms with Crippen LogP contribution >= 0.6 is 0 Å². The summed E-state index contributed by atoms with van der Waals surface area (Å²) in [6.45, 7) is 0.632. The molecule has 0 bridgehead atoms. The first kappa shape index (κ1) is 9.13. The molecular weight excluding hydrogens is 162 g/mol. The number of halogens is 2. The van der Waals surface area contributed by atoms with E-state index in [-0.39, 0.29) is 12.2 Å². The van der Waals surface area contributed by atoms with Gasteiger partial charge in [-0.05, 0) is 11.6 Å². The van der Waals surface area contributed by atoms with Gasteiger partial charge in [-0.25, -0.2) is 8.78 Å². The molecule has 0 unspecified atom stereocenters. The first-order valence-electron chi connectivity index (χ1n) is 3.62. The summed E-state index contributed by atoms with van der Waals surface area (Å²) >= 11 is 0. The highest BCUT2D eigenvalue weighted by Crippen LogP contribution is 2.27. The Morgan fingerprint density at radius 1 is 1.42 bits per heavy atom. The Morgan fingerprint density at radius 3 is 2.58 bits per heavy atom. The second-order valence-corrected chi connectivity index (χ2v) is 2.75. The maximum absolute atomic E-state index is 12.7. The fraction of sp³-hybridized carbons (Fsp3) is 0.333.